The Morgan fingerprint density at radius 2 is 2.12 bits per heavy atom. The Bertz CT molecular complexity index is 710. The number of hydrogen-bond acceptors (Lipinski definition) is 3. The number of fused-ring (bicyclic) bond motifs is 3. The van der Waals surface area contributed by atoms with Gasteiger partial charge in [-0.2, -0.15) is 0 Å². The number of rotatable bonds is 5. The Kier molecular flexibility index (Phi) is 4.29. The molecule has 1 aromatic carbocycles. The van der Waals surface area contributed by atoms with Crippen LogP contribution in [0.25, 0.3) is 11.0 Å². The van der Waals surface area contributed by atoms with Crippen molar-refractivity contribution in [3.8, 4) is 0 Å². The van der Waals surface area contributed by atoms with E-state index in [9.17, 15) is 4.79 Å². The van der Waals surface area contributed by atoms with Crippen molar-refractivity contribution in [2.24, 2.45) is 17.8 Å². The zero-order valence-electron chi connectivity index (χ0n) is 14.3. The standard InChI is InChI=1S/C19H25N3OS/c1-11(15-10-13-7-8-14(15)9-13)20-18(23)12(2)24-19-21-16-5-3-4-6-17(16)22-19/h3-6,11-15H,7-10H2,1-2H3,(H,20,23)(H,21,22)/t11-,12+,13+,14+,15+/m0/s1. The molecule has 1 heterocycles. The first-order chi connectivity index (χ1) is 11.6. The molecular weight excluding hydrogens is 318 g/mol. The number of imidazole rings is 1. The Balaban J connectivity index is 1.35. The molecule has 128 valence electrons. The topological polar surface area (TPSA) is 57.8 Å². The molecule has 0 spiro atoms. The maximum absolute atomic E-state index is 12.6. The molecule has 2 aliphatic carbocycles. The smallest absolute Gasteiger partial charge is 0.233 e. The minimum Gasteiger partial charge on any atom is -0.352 e. The Labute approximate surface area is 147 Å². The molecule has 2 fully saturated rings. The normalized spacial score (nSPS) is 28.2. The summed E-state index contributed by atoms with van der Waals surface area (Å²) in [5.74, 6) is 2.55. The highest BCUT2D eigenvalue weighted by Crippen LogP contribution is 2.49. The third-order valence-electron chi connectivity index (χ3n) is 5.83. The van der Waals surface area contributed by atoms with Crippen LogP contribution in [0.2, 0.25) is 0 Å². The van der Waals surface area contributed by atoms with Gasteiger partial charge in [0, 0.05) is 6.04 Å². The second-order valence-electron chi connectivity index (χ2n) is 7.46. The predicted molar refractivity (Wildman–Crippen MR) is 98.0 cm³/mol. The molecule has 2 bridgehead atoms. The van der Waals surface area contributed by atoms with E-state index >= 15 is 0 Å². The van der Waals surface area contributed by atoms with Crippen molar-refractivity contribution in [1.29, 1.82) is 0 Å². The van der Waals surface area contributed by atoms with Crippen LogP contribution in [0.5, 0.6) is 0 Å². The zero-order chi connectivity index (χ0) is 16.7. The summed E-state index contributed by atoms with van der Waals surface area (Å²) in [6, 6.07) is 8.24. The molecule has 2 N–H and O–H groups in total. The summed E-state index contributed by atoms with van der Waals surface area (Å²) in [4.78, 5) is 20.4. The Hall–Kier alpha value is -1.49. The average Bonchev–Trinajstić information content (AvgIpc) is 3.28. The lowest BCUT2D eigenvalue weighted by Gasteiger charge is -2.29. The molecule has 2 saturated carbocycles. The number of H-pyrrole nitrogens is 1. The number of hydrogen-bond donors (Lipinski definition) is 2. The molecule has 5 heteroatoms. The van der Waals surface area contributed by atoms with Crippen LogP contribution >= 0.6 is 11.8 Å². The Morgan fingerprint density at radius 1 is 1.29 bits per heavy atom. The van der Waals surface area contributed by atoms with E-state index in [4.69, 9.17) is 0 Å². The maximum atomic E-state index is 12.6. The molecule has 2 aliphatic rings. The molecule has 4 rings (SSSR count). The van der Waals surface area contributed by atoms with E-state index in [1.807, 2.05) is 31.2 Å². The number of nitrogens with one attached hydrogen (secondary N) is 2. The summed E-state index contributed by atoms with van der Waals surface area (Å²) in [5.41, 5.74) is 1.96. The van der Waals surface area contributed by atoms with Gasteiger partial charge >= 0.3 is 0 Å². The first-order valence-electron chi connectivity index (χ1n) is 9.02. The van der Waals surface area contributed by atoms with Gasteiger partial charge in [-0.1, -0.05) is 30.3 Å². The summed E-state index contributed by atoms with van der Waals surface area (Å²) in [7, 11) is 0. The highest BCUT2D eigenvalue weighted by molar-refractivity contribution is 8.00. The van der Waals surface area contributed by atoms with E-state index < -0.39 is 0 Å². The van der Waals surface area contributed by atoms with Gasteiger partial charge in [0.1, 0.15) is 0 Å². The number of thioether (sulfide) groups is 1. The largest absolute Gasteiger partial charge is 0.352 e. The number of aromatic amines is 1. The molecule has 0 aliphatic heterocycles. The number of amides is 1. The molecule has 0 radical (unpaired) electrons. The predicted octanol–water partition coefficient (Wildman–Crippen LogP) is 3.98. The summed E-state index contributed by atoms with van der Waals surface area (Å²) in [6.07, 6.45) is 5.45. The summed E-state index contributed by atoms with van der Waals surface area (Å²) < 4.78 is 0. The van der Waals surface area contributed by atoms with Gasteiger partial charge in [-0.25, -0.2) is 4.98 Å². The zero-order valence-corrected chi connectivity index (χ0v) is 15.1. The van der Waals surface area contributed by atoms with Gasteiger partial charge in [0.2, 0.25) is 5.91 Å². The Morgan fingerprint density at radius 3 is 2.83 bits per heavy atom. The summed E-state index contributed by atoms with van der Waals surface area (Å²) >= 11 is 1.50. The fourth-order valence-corrected chi connectivity index (χ4v) is 5.39. The number of carbonyl (C=O) groups is 1. The first-order valence-corrected chi connectivity index (χ1v) is 9.90. The van der Waals surface area contributed by atoms with Crippen molar-refractivity contribution >= 4 is 28.7 Å². The number of para-hydroxylation sites is 2. The molecule has 2 aromatic rings. The second kappa shape index (κ2) is 6.43. The average molecular weight is 343 g/mol. The van der Waals surface area contributed by atoms with Crippen LogP contribution in [0.1, 0.15) is 39.5 Å². The van der Waals surface area contributed by atoms with Crippen LogP contribution < -0.4 is 5.32 Å². The van der Waals surface area contributed by atoms with Crippen molar-refractivity contribution < 1.29 is 4.79 Å². The SMILES string of the molecule is C[C@H](NC(=O)[C@@H](C)Sc1nc2ccccc2[nH]1)[C@H]1C[C@@H]2CC[C@@H]1C2. The lowest BCUT2D eigenvalue weighted by atomic mass is 9.84. The van der Waals surface area contributed by atoms with E-state index in [0.29, 0.717) is 5.92 Å². The highest BCUT2D eigenvalue weighted by atomic mass is 32.2. The van der Waals surface area contributed by atoms with Crippen LogP contribution in [0.3, 0.4) is 0 Å². The van der Waals surface area contributed by atoms with Gasteiger partial charge in [0.15, 0.2) is 5.16 Å². The van der Waals surface area contributed by atoms with Crippen LogP contribution in [0.4, 0.5) is 0 Å². The van der Waals surface area contributed by atoms with Crippen LogP contribution in [-0.2, 0) is 4.79 Å². The number of benzene rings is 1. The van der Waals surface area contributed by atoms with E-state index in [0.717, 1.165) is 28.0 Å². The van der Waals surface area contributed by atoms with Crippen molar-refractivity contribution in [2.75, 3.05) is 0 Å². The number of carbonyl (C=O) groups excluding carboxylic acids is 1. The van der Waals surface area contributed by atoms with Gasteiger partial charge in [0.05, 0.1) is 16.3 Å². The third kappa shape index (κ3) is 3.06. The summed E-state index contributed by atoms with van der Waals surface area (Å²) in [5, 5.41) is 3.92. The van der Waals surface area contributed by atoms with Crippen LogP contribution in [0.15, 0.2) is 29.4 Å². The fourth-order valence-electron chi connectivity index (χ4n) is 4.56. The highest BCUT2D eigenvalue weighted by Gasteiger charge is 2.42. The first kappa shape index (κ1) is 16.0. The van der Waals surface area contributed by atoms with Crippen LogP contribution in [-0.4, -0.2) is 27.2 Å². The van der Waals surface area contributed by atoms with Crippen molar-refractivity contribution in [3.05, 3.63) is 24.3 Å². The monoisotopic (exact) mass is 343 g/mol. The van der Waals surface area contributed by atoms with Gasteiger partial charge in [-0.05, 0) is 63.0 Å². The third-order valence-corrected chi connectivity index (χ3v) is 6.81. The molecule has 1 aromatic heterocycles. The fraction of sp³-hybridized carbons (Fsp3) is 0.579. The molecule has 0 saturated heterocycles. The quantitative estimate of drug-likeness (QED) is 0.807. The molecule has 24 heavy (non-hydrogen) atoms. The maximum Gasteiger partial charge on any atom is 0.233 e. The lowest BCUT2D eigenvalue weighted by molar-refractivity contribution is -0.121. The lowest BCUT2D eigenvalue weighted by Crippen LogP contribution is -2.43. The number of aromatic nitrogens is 2. The van der Waals surface area contributed by atoms with E-state index in [2.05, 4.69) is 22.2 Å². The van der Waals surface area contributed by atoms with E-state index in [-0.39, 0.29) is 17.2 Å². The molecule has 0 unspecified atom stereocenters. The van der Waals surface area contributed by atoms with Crippen molar-refractivity contribution in [3.63, 3.8) is 0 Å². The van der Waals surface area contributed by atoms with Gasteiger partial charge in [-0.3, -0.25) is 4.79 Å². The minimum atomic E-state index is -0.147. The van der Waals surface area contributed by atoms with Crippen molar-refractivity contribution in [1.82, 2.24) is 15.3 Å². The van der Waals surface area contributed by atoms with Gasteiger partial charge in [-0.15, -0.1) is 0 Å². The van der Waals surface area contributed by atoms with Crippen LogP contribution in [0, 0.1) is 17.8 Å². The van der Waals surface area contributed by atoms with Gasteiger partial charge < -0.3 is 10.3 Å². The molecule has 5 atom stereocenters. The van der Waals surface area contributed by atoms with Gasteiger partial charge in [0.25, 0.3) is 0 Å². The molecule has 4 nitrogen and oxygen atoms in total. The van der Waals surface area contributed by atoms with Crippen molar-refractivity contribution in [2.45, 2.75) is 56.0 Å². The van der Waals surface area contributed by atoms with E-state index in [1.165, 1.54) is 37.4 Å². The molecule has 1 amide bonds. The molecular formula is C19H25N3OS. The summed E-state index contributed by atoms with van der Waals surface area (Å²) in [6.45, 7) is 4.14. The minimum absolute atomic E-state index is 0.121. The second-order valence-corrected chi connectivity index (χ2v) is 8.78. The number of nitrogens with zero attached hydrogens (tertiary/aromatic N) is 1. The van der Waals surface area contributed by atoms with E-state index in [1.54, 1.807) is 0 Å².